The highest BCUT2D eigenvalue weighted by atomic mass is 16.3. The molecule has 0 spiro atoms. The van der Waals surface area contributed by atoms with E-state index in [1.165, 1.54) is 0 Å². The topological polar surface area (TPSA) is 47.3 Å². The molecule has 1 rings (SSSR count). The molecule has 0 aliphatic rings. The average Bonchev–Trinajstić information content (AvgIpc) is 2.18. The number of nitriles is 1. The largest absolute Gasteiger partial charge is 0.392 e. The lowest BCUT2D eigenvalue weighted by atomic mass is 10.2. The fourth-order valence-corrected chi connectivity index (χ4v) is 1.50. The first-order valence-electron chi connectivity index (χ1n) is 5.03. The summed E-state index contributed by atoms with van der Waals surface area (Å²) < 4.78 is 0. The van der Waals surface area contributed by atoms with E-state index < -0.39 is 6.10 Å². The Kier molecular flexibility index (Phi) is 4.82. The molecule has 0 amide bonds. The third-order valence-electron chi connectivity index (χ3n) is 2.07. The highest BCUT2D eigenvalue weighted by molar-refractivity contribution is 5.14. The van der Waals surface area contributed by atoms with Crippen molar-refractivity contribution in [2.24, 2.45) is 0 Å². The number of aliphatic hydroxyl groups excluding tert-OH is 1. The molecule has 0 heterocycles. The van der Waals surface area contributed by atoms with Crippen molar-refractivity contribution in [3.63, 3.8) is 0 Å². The molecule has 0 fully saturated rings. The lowest BCUT2D eigenvalue weighted by molar-refractivity contribution is 0.131. The molecule has 0 bridgehead atoms. The van der Waals surface area contributed by atoms with Gasteiger partial charge in [0.1, 0.15) is 0 Å². The summed E-state index contributed by atoms with van der Waals surface area (Å²) in [5.41, 5.74) is 1.16. The van der Waals surface area contributed by atoms with Crippen molar-refractivity contribution in [3.8, 4) is 6.07 Å². The zero-order chi connectivity index (χ0) is 11.1. The van der Waals surface area contributed by atoms with E-state index in [4.69, 9.17) is 5.26 Å². The van der Waals surface area contributed by atoms with Gasteiger partial charge in [0.15, 0.2) is 0 Å². The number of rotatable bonds is 5. The first kappa shape index (κ1) is 11.7. The number of aliphatic hydroxyl groups is 1. The predicted octanol–water partition coefficient (Wildman–Crippen LogP) is 1.39. The molecule has 1 N–H and O–H groups in total. The van der Waals surface area contributed by atoms with E-state index in [9.17, 15) is 5.11 Å². The predicted molar refractivity (Wildman–Crippen MR) is 59.0 cm³/mol. The minimum atomic E-state index is -0.401. The van der Waals surface area contributed by atoms with Crippen LogP contribution < -0.4 is 0 Å². The van der Waals surface area contributed by atoms with Crippen molar-refractivity contribution in [1.29, 1.82) is 5.26 Å². The molecular formula is C12H16N2O. The molecule has 3 heteroatoms. The quantitative estimate of drug-likeness (QED) is 0.737. The van der Waals surface area contributed by atoms with Gasteiger partial charge in [0, 0.05) is 13.1 Å². The Balaban J connectivity index is 2.55. The molecule has 0 saturated carbocycles. The molecule has 0 aromatic heterocycles. The van der Waals surface area contributed by atoms with Crippen LogP contribution >= 0.6 is 0 Å². The molecule has 1 aromatic carbocycles. The number of hydrogen-bond acceptors (Lipinski definition) is 3. The van der Waals surface area contributed by atoms with E-state index >= 15 is 0 Å². The van der Waals surface area contributed by atoms with Gasteiger partial charge in [-0.1, -0.05) is 30.3 Å². The molecule has 1 atom stereocenters. The SMILES string of the molecule is CC(O)CN(CC#N)Cc1ccccc1. The van der Waals surface area contributed by atoms with Crippen molar-refractivity contribution in [3.05, 3.63) is 35.9 Å². The second kappa shape index (κ2) is 6.18. The van der Waals surface area contributed by atoms with Crippen LogP contribution in [0.1, 0.15) is 12.5 Å². The van der Waals surface area contributed by atoms with Crippen LogP contribution in [0, 0.1) is 11.3 Å². The summed E-state index contributed by atoms with van der Waals surface area (Å²) in [5.74, 6) is 0. The lowest BCUT2D eigenvalue weighted by Gasteiger charge is -2.20. The monoisotopic (exact) mass is 204 g/mol. The highest BCUT2D eigenvalue weighted by Crippen LogP contribution is 2.04. The fourth-order valence-electron chi connectivity index (χ4n) is 1.50. The van der Waals surface area contributed by atoms with E-state index in [0.717, 1.165) is 5.56 Å². The molecule has 80 valence electrons. The summed E-state index contributed by atoms with van der Waals surface area (Å²) in [6.07, 6.45) is -0.401. The molecule has 3 nitrogen and oxygen atoms in total. The molecule has 0 radical (unpaired) electrons. The Morgan fingerprint density at radius 1 is 1.40 bits per heavy atom. The van der Waals surface area contributed by atoms with Gasteiger partial charge in [-0.05, 0) is 12.5 Å². The third kappa shape index (κ3) is 4.59. The smallest absolute Gasteiger partial charge is 0.0869 e. The summed E-state index contributed by atoms with van der Waals surface area (Å²) in [6.45, 7) is 3.32. The maximum absolute atomic E-state index is 9.28. The van der Waals surface area contributed by atoms with Gasteiger partial charge < -0.3 is 5.11 Å². The summed E-state index contributed by atoms with van der Waals surface area (Å²) in [6, 6.07) is 12.1. The van der Waals surface area contributed by atoms with E-state index in [1.54, 1.807) is 6.92 Å². The van der Waals surface area contributed by atoms with Crippen LogP contribution in [0.25, 0.3) is 0 Å². The van der Waals surface area contributed by atoms with Crippen LogP contribution in [0.5, 0.6) is 0 Å². The zero-order valence-electron chi connectivity index (χ0n) is 8.93. The van der Waals surface area contributed by atoms with Crippen LogP contribution in [0.2, 0.25) is 0 Å². The molecule has 0 aliphatic heterocycles. The van der Waals surface area contributed by atoms with Gasteiger partial charge >= 0.3 is 0 Å². The number of benzene rings is 1. The van der Waals surface area contributed by atoms with Crippen molar-refractivity contribution in [2.45, 2.75) is 19.6 Å². The first-order chi connectivity index (χ1) is 7.22. The Labute approximate surface area is 90.6 Å². The van der Waals surface area contributed by atoms with E-state index in [2.05, 4.69) is 6.07 Å². The molecular weight excluding hydrogens is 188 g/mol. The van der Waals surface area contributed by atoms with Gasteiger partial charge in [-0.25, -0.2) is 0 Å². The minimum absolute atomic E-state index is 0.347. The van der Waals surface area contributed by atoms with Crippen LogP contribution in [-0.2, 0) is 6.54 Å². The lowest BCUT2D eigenvalue weighted by Crippen LogP contribution is -2.30. The van der Waals surface area contributed by atoms with E-state index in [1.807, 2.05) is 35.2 Å². The maximum Gasteiger partial charge on any atom is 0.0869 e. The van der Waals surface area contributed by atoms with Gasteiger partial charge in [-0.3, -0.25) is 4.90 Å². The maximum atomic E-state index is 9.28. The Morgan fingerprint density at radius 3 is 2.60 bits per heavy atom. The summed E-state index contributed by atoms with van der Waals surface area (Å²) in [7, 11) is 0. The Morgan fingerprint density at radius 2 is 2.07 bits per heavy atom. The molecule has 0 saturated heterocycles. The molecule has 15 heavy (non-hydrogen) atoms. The summed E-state index contributed by atoms with van der Waals surface area (Å²) in [5, 5.41) is 17.9. The number of hydrogen-bond donors (Lipinski definition) is 1. The first-order valence-corrected chi connectivity index (χ1v) is 5.03. The fraction of sp³-hybridized carbons (Fsp3) is 0.417. The van der Waals surface area contributed by atoms with Crippen molar-refractivity contribution in [1.82, 2.24) is 4.90 Å². The standard InChI is InChI=1S/C12H16N2O/c1-11(15)9-14(8-7-13)10-12-5-3-2-4-6-12/h2-6,11,15H,8-10H2,1H3. The highest BCUT2D eigenvalue weighted by Gasteiger charge is 2.07. The minimum Gasteiger partial charge on any atom is -0.392 e. The van der Waals surface area contributed by atoms with E-state index in [-0.39, 0.29) is 0 Å². The van der Waals surface area contributed by atoms with Gasteiger partial charge in [0.25, 0.3) is 0 Å². The third-order valence-corrected chi connectivity index (χ3v) is 2.07. The van der Waals surface area contributed by atoms with Gasteiger partial charge in [-0.15, -0.1) is 0 Å². The van der Waals surface area contributed by atoms with Crippen molar-refractivity contribution in [2.75, 3.05) is 13.1 Å². The molecule has 1 unspecified atom stereocenters. The van der Waals surface area contributed by atoms with Crippen molar-refractivity contribution >= 4 is 0 Å². The average molecular weight is 204 g/mol. The Hall–Kier alpha value is -1.37. The second-order valence-electron chi connectivity index (χ2n) is 3.66. The van der Waals surface area contributed by atoms with Gasteiger partial charge in [-0.2, -0.15) is 5.26 Å². The number of nitrogens with zero attached hydrogens (tertiary/aromatic N) is 2. The molecule has 0 aliphatic carbocycles. The van der Waals surface area contributed by atoms with Crippen LogP contribution in [0.4, 0.5) is 0 Å². The molecule has 1 aromatic rings. The van der Waals surface area contributed by atoms with Gasteiger partial charge in [0.2, 0.25) is 0 Å². The summed E-state index contributed by atoms with van der Waals surface area (Å²) in [4.78, 5) is 1.93. The van der Waals surface area contributed by atoms with Crippen LogP contribution in [-0.4, -0.2) is 29.2 Å². The van der Waals surface area contributed by atoms with Crippen LogP contribution in [0.3, 0.4) is 0 Å². The Bertz CT molecular complexity index is 316. The normalized spacial score (nSPS) is 12.4. The van der Waals surface area contributed by atoms with E-state index in [0.29, 0.717) is 19.6 Å². The van der Waals surface area contributed by atoms with Crippen LogP contribution in [0.15, 0.2) is 30.3 Å². The van der Waals surface area contributed by atoms with Gasteiger partial charge in [0.05, 0.1) is 18.7 Å². The summed E-state index contributed by atoms with van der Waals surface area (Å²) >= 11 is 0. The zero-order valence-corrected chi connectivity index (χ0v) is 8.93. The second-order valence-corrected chi connectivity index (χ2v) is 3.66. The van der Waals surface area contributed by atoms with Crippen molar-refractivity contribution < 1.29 is 5.11 Å².